The summed E-state index contributed by atoms with van der Waals surface area (Å²) in [7, 11) is -3.69. The Hall–Kier alpha value is -2.70. The van der Waals surface area contributed by atoms with Crippen molar-refractivity contribution in [2.75, 3.05) is 0 Å². The van der Waals surface area contributed by atoms with E-state index in [1.807, 2.05) is 56.3 Å². The lowest BCUT2D eigenvalue weighted by molar-refractivity contribution is -0.509. The van der Waals surface area contributed by atoms with Crippen LogP contribution in [0.3, 0.4) is 0 Å². The first-order valence-electron chi connectivity index (χ1n) is 10.7. The normalized spacial score (nSPS) is 20.5. The van der Waals surface area contributed by atoms with E-state index in [4.69, 9.17) is 0 Å². The molecule has 3 aromatic carbocycles. The third-order valence-electron chi connectivity index (χ3n) is 6.17. The van der Waals surface area contributed by atoms with Gasteiger partial charge in [0, 0.05) is 18.9 Å². The van der Waals surface area contributed by atoms with Gasteiger partial charge in [-0.1, -0.05) is 54.4 Å². The SMILES string of the molecule is C/C(c1ccc2ccccc2c1)=[N+](/[O-])[C@@H]1CCCC[C@H]1NS(=O)(=O)c1ccc(C)cc1. The minimum absolute atomic E-state index is 0.232. The number of benzene rings is 3. The lowest BCUT2D eigenvalue weighted by atomic mass is 9.91. The molecule has 2 atom stereocenters. The smallest absolute Gasteiger partial charge is 0.241 e. The van der Waals surface area contributed by atoms with Crippen LogP contribution in [0.5, 0.6) is 0 Å². The number of hydrogen-bond acceptors (Lipinski definition) is 3. The van der Waals surface area contributed by atoms with Crippen molar-refractivity contribution in [3.05, 3.63) is 83.1 Å². The highest BCUT2D eigenvalue weighted by molar-refractivity contribution is 7.89. The van der Waals surface area contributed by atoms with Gasteiger partial charge < -0.3 is 5.21 Å². The van der Waals surface area contributed by atoms with E-state index in [9.17, 15) is 13.6 Å². The molecular formula is C25H28N2O3S. The van der Waals surface area contributed by atoms with E-state index in [0.29, 0.717) is 18.6 Å². The summed E-state index contributed by atoms with van der Waals surface area (Å²) in [4.78, 5) is 0.232. The Morgan fingerprint density at radius 2 is 1.65 bits per heavy atom. The van der Waals surface area contributed by atoms with Gasteiger partial charge in [0.05, 0.1) is 10.9 Å². The number of aryl methyl sites for hydroxylation is 1. The molecule has 0 heterocycles. The van der Waals surface area contributed by atoms with E-state index >= 15 is 0 Å². The number of hydrogen-bond donors (Lipinski definition) is 1. The number of fused-ring (bicyclic) bond motifs is 1. The maximum atomic E-state index is 13.4. The summed E-state index contributed by atoms with van der Waals surface area (Å²) in [6.07, 6.45) is 3.13. The van der Waals surface area contributed by atoms with Crippen LogP contribution in [-0.4, -0.2) is 31.0 Å². The van der Waals surface area contributed by atoms with E-state index in [1.165, 1.54) is 0 Å². The highest BCUT2D eigenvalue weighted by Crippen LogP contribution is 2.24. The fourth-order valence-corrected chi connectivity index (χ4v) is 5.61. The van der Waals surface area contributed by atoms with Crippen molar-refractivity contribution in [2.24, 2.45) is 0 Å². The molecule has 0 radical (unpaired) electrons. The Kier molecular flexibility index (Phi) is 6.12. The molecule has 4 rings (SSSR count). The highest BCUT2D eigenvalue weighted by Gasteiger charge is 2.35. The van der Waals surface area contributed by atoms with Gasteiger partial charge in [-0.15, -0.1) is 0 Å². The van der Waals surface area contributed by atoms with Gasteiger partial charge in [0.2, 0.25) is 10.0 Å². The van der Waals surface area contributed by atoms with E-state index < -0.39 is 22.1 Å². The molecule has 1 fully saturated rings. The van der Waals surface area contributed by atoms with Gasteiger partial charge in [0.15, 0.2) is 11.8 Å². The number of hydroxylamine groups is 1. The van der Waals surface area contributed by atoms with Crippen molar-refractivity contribution in [3.63, 3.8) is 0 Å². The number of rotatable bonds is 5. The molecule has 0 spiro atoms. The molecule has 1 aliphatic carbocycles. The Bertz CT molecular complexity index is 1220. The second-order valence-electron chi connectivity index (χ2n) is 8.37. The standard InChI is InChI=1S/C25H28N2O3S/c1-18-11-15-23(16-12-18)31(29,30)26-24-9-5-6-10-25(24)27(28)19(2)21-14-13-20-7-3-4-8-22(20)17-21/h3-4,7-8,11-17,24-26H,5-6,9-10H2,1-2H3/b27-19-/t24-,25-/m1/s1. The van der Waals surface area contributed by atoms with Gasteiger partial charge in [-0.25, -0.2) is 17.9 Å². The molecule has 1 aliphatic rings. The molecule has 0 saturated heterocycles. The van der Waals surface area contributed by atoms with E-state index in [2.05, 4.69) is 4.72 Å². The van der Waals surface area contributed by atoms with Crippen molar-refractivity contribution in [3.8, 4) is 0 Å². The molecular weight excluding hydrogens is 408 g/mol. The Morgan fingerprint density at radius 1 is 0.968 bits per heavy atom. The van der Waals surface area contributed by atoms with Crippen LogP contribution >= 0.6 is 0 Å². The topological polar surface area (TPSA) is 72.2 Å². The van der Waals surface area contributed by atoms with E-state index in [0.717, 1.165) is 39.5 Å². The van der Waals surface area contributed by atoms with Crippen molar-refractivity contribution < 1.29 is 13.2 Å². The first kappa shape index (κ1) is 21.5. The third kappa shape index (κ3) is 4.65. The molecule has 31 heavy (non-hydrogen) atoms. The predicted molar refractivity (Wildman–Crippen MR) is 125 cm³/mol. The molecule has 0 aliphatic heterocycles. The Balaban J connectivity index is 1.63. The van der Waals surface area contributed by atoms with Crippen molar-refractivity contribution >= 4 is 26.5 Å². The fourth-order valence-electron chi connectivity index (χ4n) is 4.30. The maximum absolute atomic E-state index is 13.4. The monoisotopic (exact) mass is 436 g/mol. The molecule has 6 heteroatoms. The zero-order valence-corrected chi connectivity index (χ0v) is 18.7. The van der Waals surface area contributed by atoms with Crippen molar-refractivity contribution in [1.29, 1.82) is 0 Å². The average molecular weight is 437 g/mol. The molecule has 5 nitrogen and oxygen atoms in total. The molecule has 0 aromatic heterocycles. The molecule has 1 saturated carbocycles. The van der Waals surface area contributed by atoms with Gasteiger partial charge in [-0.3, -0.25) is 0 Å². The first-order valence-corrected chi connectivity index (χ1v) is 12.2. The minimum Gasteiger partial charge on any atom is -0.623 e. The van der Waals surface area contributed by atoms with Gasteiger partial charge in [0.25, 0.3) is 0 Å². The van der Waals surface area contributed by atoms with E-state index in [1.54, 1.807) is 24.3 Å². The van der Waals surface area contributed by atoms with Crippen molar-refractivity contribution in [1.82, 2.24) is 4.72 Å². The lowest BCUT2D eigenvalue weighted by Crippen LogP contribution is -2.49. The third-order valence-corrected chi connectivity index (χ3v) is 7.67. The van der Waals surface area contributed by atoms with Crippen LogP contribution in [0.2, 0.25) is 0 Å². The van der Waals surface area contributed by atoms with Crippen LogP contribution in [0.15, 0.2) is 71.6 Å². The number of nitrogens with zero attached hydrogens (tertiary/aromatic N) is 1. The van der Waals surface area contributed by atoms with Crippen molar-refractivity contribution in [2.45, 2.75) is 56.5 Å². The maximum Gasteiger partial charge on any atom is 0.241 e. The molecule has 3 aromatic rings. The summed E-state index contributed by atoms with van der Waals surface area (Å²) >= 11 is 0. The minimum atomic E-state index is -3.69. The highest BCUT2D eigenvalue weighted by atomic mass is 32.2. The van der Waals surface area contributed by atoms with Crippen LogP contribution in [-0.2, 0) is 10.0 Å². The van der Waals surface area contributed by atoms with E-state index in [-0.39, 0.29) is 4.90 Å². The molecule has 0 amide bonds. The average Bonchev–Trinajstić information content (AvgIpc) is 2.78. The summed E-state index contributed by atoms with van der Waals surface area (Å²) < 4.78 is 29.7. The first-order chi connectivity index (χ1) is 14.8. The largest absolute Gasteiger partial charge is 0.623 e. The quantitative estimate of drug-likeness (QED) is 0.271. The summed E-state index contributed by atoms with van der Waals surface area (Å²) in [6.45, 7) is 3.74. The summed E-state index contributed by atoms with van der Waals surface area (Å²) in [5.41, 5.74) is 2.47. The molecule has 0 unspecified atom stereocenters. The number of nitrogens with one attached hydrogen (secondary N) is 1. The molecule has 162 valence electrons. The zero-order chi connectivity index (χ0) is 22.0. The second-order valence-corrected chi connectivity index (χ2v) is 10.1. The van der Waals surface area contributed by atoms with Crippen LogP contribution in [0.25, 0.3) is 10.8 Å². The molecule has 1 N–H and O–H groups in total. The lowest BCUT2D eigenvalue weighted by Gasteiger charge is -2.31. The van der Waals surface area contributed by atoms with Gasteiger partial charge in [-0.2, -0.15) is 0 Å². The summed E-state index contributed by atoms with van der Waals surface area (Å²) in [5.74, 6) is 0. The molecule has 0 bridgehead atoms. The fraction of sp³-hybridized carbons (Fsp3) is 0.320. The zero-order valence-electron chi connectivity index (χ0n) is 17.9. The van der Waals surface area contributed by atoms with Gasteiger partial charge in [0.1, 0.15) is 0 Å². The summed E-state index contributed by atoms with van der Waals surface area (Å²) in [5, 5.41) is 15.6. The predicted octanol–water partition coefficient (Wildman–Crippen LogP) is 4.76. The van der Waals surface area contributed by atoms with Gasteiger partial charge in [-0.05, 0) is 54.8 Å². The number of sulfonamides is 1. The van der Waals surface area contributed by atoms with Crippen LogP contribution in [0.1, 0.15) is 43.7 Å². The van der Waals surface area contributed by atoms with Crippen LogP contribution < -0.4 is 4.72 Å². The second kappa shape index (κ2) is 8.81. The van der Waals surface area contributed by atoms with Crippen LogP contribution in [0.4, 0.5) is 0 Å². The summed E-state index contributed by atoms with van der Waals surface area (Å²) in [6, 6.07) is 20.0. The Morgan fingerprint density at radius 3 is 2.39 bits per heavy atom. The van der Waals surface area contributed by atoms with Gasteiger partial charge >= 0.3 is 0 Å². The van der Waals surface area contributed by atoms with Crippen LogP contribution in [0, 0.1) is 12.1 Å². The Labute approximate surface area is 184 Å².